The molecule has 0 fully saturated rings. The molecule has 2 heterocycles. The fourth-order valence-electron chi connectivity index (χ4n) is 2.43. The summed E-state index contributed by atoms with van der Waals surface area (Å²) in [6.07, 6.45) is 3.90. The molecule has 2 N–H and O–H groups in total. The van der Waals surface area contributed by atoms with E-state index < -0.39 is 12.0 Å². The van der Waals surface area contributed by atoms with Crippen LogP contribution in [0.5, 0.6) is 0 Å². The van der Waals surface area contributed by atoms with Gasteiger partial charge in [0.15, 0.2) is 0 Å². The van der Waals surface area contributed by atoms with Gasteiger partial charge < -0.3 is 9.67 Å². The van der Waals surface area contributed by atoms with E-state index in [1.54, 1.807) is 17.7 Å². The minimum atomic E-state index is -0.856. The third-order valence-corrected chi connectivity index (χ3v) is 4.58. The van der Waals surface area contributed by atoms with Gasteiger partial charge in [0.2, 0.25) is 0 Å². The summed E-state index contributed by atoms with van der Waals surface area (Å²) in [5, 5.41) is 15.8. The van der Waals surface area contributed by atoms with Crippen LogP contribution in [0.25, 0.3) is 10.1 Å². The first-order valence-electron chi connectivity index (χ1n) is 7.01. The number of hydrogen-bond donors (Lipinski definition) is 2. The quantitative estimate of drug-likeness (QED) is 0.733. The number of carboxylic acid groups (broad SMARTS) is 1. The Balaban J connectivity index is 1.70. The van der Waals surface area contributed by atoms with Crippen LogP contribution in [0.2, 0.25) is 0 Å². The lowest BCUT2D eigenvalue weighted by molar-refractivity contribution is -0.139. The number of aliphatic carboxylic acids is 1. The Labute approximate surface area is 132 Å². The molecule has 0 aliphatic rings. The minimum Gasteiger partial charge on any atom is -0.480 e. The van der Waals surface area contributed by atoms with Gasteiger partial charge in [0.25, 0.3) is 0 Å². The van der Waals surface area contributed by atoms with Crippen molar-refractivity contribution in [3.8, 4) is 0 Å². The fraction of sp³-hybridized carbons (Fsp3) is 0.250. The van der Waals surface area contributed by atoms with Crippen LogP contribution in [-0.4, -0.2) is 26.7 Å². The van der Waals surface area contributed by atoms with E-state index >= 15 is 0 Å². The molecule has 0 aliphatic carbocycles. The van der Waals surface area contributed by atoms with Gasteiger partial charge in [-0.15, -0.1) is 11.3 Å². The summed E-state index contributed by atoms with van der Waals surface area (Å²) >= 11 is 1.68. The van der Waals surface area contributed by atoms with Crippen LogP contribution in [-0.2, 0) is 24.8 Å². The maximum atomic E-state index is 11.4. The number of aryl methyl sites for hydroxylation is 1. The molecule has 0 bridgehead atoms. The summed E-state index contributed by atoms with van der Waals surface area (Å²) in [5.74, 6) is -0.856. The lowest BCUT2D eigenvalue weighted by Gasteiger charge is -2.13. The molecule has 0 amide bonds. The molecule has 0 unspecified atom stereocenters. The number of aromatic nitrogens is 2. The van der Waals surface area contributed by atoms with E-state index in [0.29, 0.717) is 13.0 Å². The van der Waals surface area contributed by atoms with Crippen molar-refractivity contribution in [1.29, 1.82) is 0 Å². The first-order valence-corrected chi connectivity index (χ1v) is 7.89. The van der Waals surface area contributed by atoms with E-state index in [2.05, 4.69) is 27.8 Å². The number of carbonyl (C=O) groups is 1. The molecule has 2 aromatic heterocycles. The number of nitrogens with zero attached hydrogens (tertiary/aromatic N) is 2. The van der Waals surface area contributed by atoms with Crippen molar-refractivity contribution >= 4 is 27.4 Å². The zero-order chi connectivity index (χ0) is 15.5. The average molecular weight is 315 g/mol. The summed E-state index contributed by atoms with van der Waals surface area (Å²) in [7, 11) is 1.87. The van der Waals surface area contributed by atoms with Gasteiger partial charge in [-0.25, -0.2) is 4.98 Å². The van der Waals surface area contributed by atoms with E-state index in [9.17, 15) is 9.90 Å². The van der Waals surface area contributed by atoms with Gasteiger partial charge in [-0.3, -0.25) is 10.1 Å². The van der Waals surface area contributed by atoms with Gasteiger partial charge in [-0.1, -0.05) is 18.2 Å². The Morgan fingerprint density at radius 3 is 3.00 bits per heavy atom. The molecule has 0 radical (unpaired) electrons. The predicted molar refractivity (Wildman–Crippen MR) is 87.0 cm³/mol. The molecule has 1 aromatic carbocycles. The number of imidazole rings is 1. The van der Waals surface area contributed by atoms with Crippen LogP contribution < -0.4 is 5.32 Å². The summed E-state index contributed by atoms with van der Waals surface area (Å²) < 4.78 is 3.04. The zero-order valence-electron chi connectivity index (χ0n) is 12.2. The molecule has 3 aromatic rings. The summed E-state index contributed by atoms with van der Waals surface area (Å²) in [6, 6.07) is 7.51. The molecule has 3 rings (SSSR count). The smallest absolute Gasteiger partial charge is 0.321 e. The SMILES string of the molecule is Cn1cnc(C[C@@H](NCc2csc3ccccc23)C(=O)O)c1. The van der Waals surface area contributed by atoms with Crippen molar-refractivity contribution in [3.63, 3.8) is 0 Å². The normalized spacial score (nSPS) is 12.6. The molecular formula is C16H17N3O2S. The minimum absolute atomic E-state index is 0.373. The third kappa shape index (κ3) is 3.18. The van der Waals surface area contributed by atoms with Crippen molar-refractivity contribution in [2.75, 3.05) is 0 Å². The molecular weight excluding hydrogens is 298 g/mol. The molecule has 5 nitrogen and oxygen atoms in total. The maximum Gasteiger partial charge on any atom is 0.321 e. The van der Waals surface area contributed by atoms with E-state index in [0.717, 1.165) is 11.3 Å². The standard InChI is InChI=1S/C16H17N3O2S/c1-19-8-12(18-10-19)6-14(16(20)21)17-7-11-9-22-15-5-3-2-4-13(11)15/h2-5,8-10,14,17H,6-7H2,1H3,(H,20,21)/t14-/m1/s1. The second-order valence-electron chi connectivity index (χ2n) is 5.26. The molecule has 0 saturated heterocycles. The number of benzene rings is 1. The van der Waals surface area contributed by atoms with Gasteiger partial charge in [0, 0.05) is 30.9 Å². The van der Waals surface area contributed by atoms with Gasteiger partial charge in [-0.2, -0.15) is 0 Å². The number of hydrogen-bond acceptors (Lipinski definition) is 4. The van der Waals surface area contributed by atoms with Crippen LogP contribution in [0.3, 0.4) is 0 Å². The van der Waals surface area contributed by atoms with E-state index in [-0.39, 0.29) is 0 Å². The Hall–Kier alpha value is -2.18. The van der Waals surface area contributed by atoms with Crippen LogP contribution in [0, 0.1) is 0 Å². The van der Waals surface area contributed by atoms with Gasteiger partial charge in [-0.05, 0) is 22.4 Å². The second-order valence-corrected chi connectivity index (χ2v) is 6.17. The molecule has 6 heteroatoms. The van der Waals surface area contributed by atoms with Gasteiger partial charge in [0.05, 0.1) is 12.0 Å². The van der Waals surface area contributed by atoms with Crippen molar-refractivity contribution in [2.24, 2.45) is 7.05 Å². The first-order chi connectivity index (χ1) is 10.6. The number of rotatable bonds is 6. The third-order valence-electron chi connectivity index (χ3n) is 3.57. The summed E-state index contributed by atoms with van der Waals surface area (Å²) in [6.45, 7) is 0.536. The van der Waals surface area contributed by atoms with Crippen molar-refractivity contribution in [3.05, 3.63) is 53.4 Å². The van der Waals surface area contributed by atoms with E-state index in [1.165, 1.54) is 10.1 Å². The lowest BCUT2D eigenvalue weighted by Crippen LogP contribution is -2.38. The number of fused-ring (bicyclic) bond motifs is 1. The molecule has 1 atom stereocenters. The second kappa shape index (κ2) is 6.29. The molecule has 22 heavy (non-hydrogen) atoms. The zero-order valence-corrected chi connectivity index (χ0v) is 13.0. The van der Waals surface area contributed by atoms with E-state index in [4.69, 9.17) is 0 Å². The maximum absolute atomic E-state index is 11.4. The van der Waals surface area contributed by atoms with Crippen LogP contribution in [0.15, 0.2) is 42.2 Å². The van der Waals surface area contributed by atoms with Crippen molar-refractivity contribution in [1.82, 2.24) is 14.9 Å². The van der Waals surface area contributed by atoms with Crippen molar-refractivity contribution in [2.45, 2.75) is 19.0 Å². The molecule has 0 saturated carbocycles. The Morgan fingerprint density at radius 2 is 2.27 bits per heavy atom. The number of thiophene rings is 1. The predicted octanol–water partition coefficient (Wildman–Crippen LogP) is 2.42. The highest BCUT2D eigenvalue weighted by Gasteiger charge is 2.19. The Bertz CT molecular complexity index is 793. The Morgan fingerprint density at radius 1 is 1.45 bits per heavy atom. The largest absolute Gasteiger partial charge is 0.480 e. The first kappa shape index (κ1) is 14.7. The Kier molecular flexibility index (Phi) is 4.22. The van der Waals surface area contributed by atoms with Gasteiger partial charge in [0.1, 0.15) is 6.04 Å². The highest BCUT2D eigenvalue weighted by atomic mass is 32.1. The lowest BCUT2D eigenvalue weighted by atomic mass is 10.1. The monoisotopic (exact) mass is 315 g/mol. The summed E-state index contributed by atoms with van der Waals surface area (Å²) in [4.78, 5) is 15.6. The topological polar surface area (TPSA) is 67.2 Å². The fourth-order valence-corrected chi connectivity index (χ4v) is 3.39. The van der Waals surface area contributed by atoms with Crippen LogP contribution in [0.1, 0.15) is 11.3 Å². The molecule has 0 spiro atoms. The number of nitrogens with one attached hydrogen (secondary N) is 1. The summed E-state index contributed by atoms with van der Waals surface area (Å²) in [5.41, 5.74) is 1.91. The van der Waals surface area contributed by atoms with Crippen LogP contribution >= 0.6 is 11.3 Å². The van der Waals surface area contributed by atoms with Crippen molar-refractivity contribution < 1.29 is 9.90 Å². The van der Waals surface area contributed by atoms with Gasteiger partial charge >= 0.3 is 5.97 Å². The molecule has 0 aliphatic heterocycles. The average Bonchev–Trinajstić information content (AvgIpc) is 3.09. The van der Waals surface area contributed by atoms with Crippen LogP contribution in [0.4, 0.5) is 0 Å². The highest BCUT2D eigenvalue weighted by molar-refractivity contribution is 7.17. The highest BCUT2D eigenvalue weighted by Crippen LogP contribution is 2.25. The number of carboxylic acids is 1. The molecule has 114 valence electrons. The van der Waals surface area contributed by atoms with E-state index in [1.807, 2.05) is 29.9 Å².